The van der Waals surface area contributed by atoms with E-state index in [0.29, 0.717) is 6.04 Å². The van der Waals surface area contributed by atoms with Gasteiger partial charge in [0.2, 0.25) is 0 Å². The van der Waals surface area contributed by atoms with E-state index in [4.69, 9.17) is 0 Å². The van der Waals surface area contributed by atoms with E-state index >= 15 is 0 Å². The van der Waals surface area contributed by atoms with Gasteiger partial charge in [-0.15, -0.1) is 11.3 Å². The maximum atomic E-state index is 9.27. The molecule has 1 fully saturated rings. The molecule has 92 valence electrons. The van der Waals surface area contributed by atoms with Gasteiger partial charge in [-0.2, -0.15) is 5.26 Å². The highest BCUT2D eigenvalue weighted by Gasteiger charge is 2.19. The minimum Gasteiger partial charge on any atom is -0.295 e. The lowest BCUT2D eigenvalue weighted by atomic mass is 10.1. The first-order valence-corrected chi connectivity index (χ1v) is 7.81. The molecule has 0 aromatic carbocycles. The van der Waals surface area contributed by atoms with E-state index in [-0.39, 0.29) is 6.04 Å². The van der Waals surface area contributed by atoms with Gasteiger partial charge in [0.25, 0.3) is 0 Å². The van der Waals surface area contributed by atoms with Crippen molar-refractivity contribution in [2.24, 2.45) is 0 Å². The van der Waals surface area contributed by atoms with Gasteiger partial charge in [0, 0.05) is 10.9 Å². The van der Waals surface area contributed by atoms with Crippen molar-refractivity contribution < 1.29 is 0 Å². The molecule has 1 aromatic rings. The first-order chi connectivity index (χ1) is 8.29. The Morgan fingerprint density at radius 1 is 1.29 bits per heavy atom. The first kappa shape index (κ1) is 13.1. The van der Waals surface area contributed by atoms with Crippen molar-refractivity contribution in [3.8, 4) is 6.07 Å². The first-order valence-electron chi connectivity index (χ1n) is 6.20. The van der Waals surface area contributed by atoms with Crippen LogP contribution in [-0.2, 0) is 0 Å². The van der Waals surface area contributed by atoms with Crippen molar-refractivity contribution in [3.05, 3.63) is 20.8 Å². The average molecular weight is 313 g/mol. The van der Waals surface area contributed by atoms with Gasteiger partial charge in [-0.3, -0.25) is 5.32 Å². The van der Waals surface area contributed by atoms with Crippen LogP contribution in [0.4, 0.5) is 0 Å². The number of nitrogens with one attached hydrogen (secondary N) is 1. The molecule has 0 amide bonds. The molecule has 1 saturated carbocycles. The Morgan fingerprint density at radius 2 is 2.00 bits per heavy atom. The molecule has 1 aliphatic rings. The smallest absolute Gasteiger partial charge is 0.130 e. The van der Waals surface area contributed by atoms with Crippen LogP contribution in [0.15, 0.2) is 15.9 Å². The molecule has 1 N–H and O–H groups in total. The predicted octanol–water partition coefficient (Wildman–Crippen LogP) is 4.39. The Kier molecular flexibility index (Phi) is 5.02. The Labute approximate surface area is 115 Å². The molecule has 0 aliphatic heterocycles. The summed E-state index contributed by atoms with van der Waals surface area (Å²) in [7, 11) is 0. The van der Waals surface area contributed by atoms with E-state index in [9.17, 15) is 5.26 Å². The van der Waals surface area contributed by atoms with Crippen LogP contribution in [0.2, 0.25) is 0 Å². The largest absolute Gasteiger partial charge is 0.295 e. The summed E-state index contributed by atoms with van der Waals surface area (Å²) in [4.78, 5) is 1.11. The molecule has 0 saturated heterocycles. The minimum absolute atomic E-state index is 0.144. The zero-order valence-corrected chi connectivity index (χ0v) is 12.2. The van der Waals surface area contributed by atoms with Crippen molar-refractivity contribution in [2.75, 3.05) is 0 Å². The molecule has 2 rings (SSSR count). The van der Waals surface area contributed by atoms with Gasteiger partial charge in [0.1, 0.15) is 6.04 Å². The van der Waals surface area contributed by atoms with Gasteiger partial charge in [0.05, 0.1) is 9.86 Å². The summed E-state index contributed by atoms with van der Waals surface area (Å²) in [6.07, 6.45) is 7.71. The van der Waals surface area contributed by atoms with Crippen molar-refractivity contribution in [2.45, 2.75) is 50.6 Å². The molecule has 0 spiro atoms. The highest BCUT2D eigenvalue weighted by Crippen LogP contribution is 2.28. The monoisotopic (exact) mass is 312 g/mol. The summed E-state index contributed by atoms with van der Waals surface area (Å²) < 4.78 is 1.09. The second kappa shape index (κ2) is 6.53. The van der Waals surface area contributed by atoms with Crippen LogP contribution in [0, 0.1) is 11.3 Å². The highest BCUT2D eigenvalue weighted by molar-refractivity contribution is 9.11. The third kappa shape index (κ3) is 3.80. The number of hydrogen-bond donors (Lipinski definition) is 1. The molecule has 2 nitrogen and oxygen atoms in total. The Bertz CT molecular complexity index is 388. The lowest BCUT2D eigenvalue weighted by Crippen LogP contribution is -2.31. The van der Waals surface area contributed by atoms with Crippen molar-refractivity contribution >= 4 is 27.3 Å². The fourth-order valence-corrected chi connectivity index (χ4v) is 3.78. The summed E-state index contributed by atoms with van der Waals surface area (Å²) in [5, 5.41) is 12.8. The van der Waals surface area contributed by atoms with Gasteiger partial charge in [0.15, 0.2) is 0 Å². The summed E-state index contributed by atoms with van der Waals surface area (Å²) in [6, 6.07) is 6.80. The molecule has 4 heteroatoms. The molecule has 0 radical (unpaired) electrons. The number of halogens is 1. The minimum atomic E-state index is -0.144. The van der Waals surface area contributed by atoms with Gasteiger partial charge in [-0.25, -0.2) is 0 Å². The van der Waals surface area contributed by atoms with E-state index in [0.717, 1.165) is 8.66 Å². The van der Waals surface area contributed by atoms with E-state index < -0.39 is 0 Å². The zero-order valence-electron chi connectivity index (χ0n) is 9.79. The number of hydrogen-bond acceptors (Lipinski definition) is 3. The number of thiophene rings is 1. The quantitative estimate of drug-likeness (QED) is 0.840. The van der Waals surface area contributed by atoms with Crippen molar-refractivity contribution in [3.63, 3.8) is 0 Å². The van der Waals surface area contributed by atoms with Crippen LogP contribution < -0.4 is 5.32 Å². The van der Waals surface area contributed by atoms with E-state index in [1.54, 1.807) is 11.3 Å². The van der Waals surface area contributed by atoms with Gasteiger partial charge in [-0.1, -0.05) is 25.7 Å². The second-order valence-corrected chi connectivity index (χ2v) is 7.05. The summed E-state index contributed by atoms with van der Waals surface area (Å²) >= 11 is 5.09. The zero-order chi connectivity index (χ0) is 12.1. The maximum absolute atomic E-state index is 9.27. The van der Waals surface area contributed by atoms with E-state index in [2.05, 4.69) is 27.3 Å². The average Bonchev–Trinajstić information content (AvgIpc) is 2.62. The van der Waals surface area contributed by atoms with Crippen LogP contribution in [0.25, 0.3) is 0 Å². The SMILES string of the molecule is N#CC(NC1CCCCCC1)c1ccc(Br)s1. The topological polar surface area (TPSA) is 35.8 Å². The van der Waals surface area contributed by atoms with Crippen LogP contribution in [0.1, 0.15) is 49.4 Å². The Balaban J connectivity index is 1.97. The summed E-state index contributed by atoms with van der Waals surface area (Å²) in [5.74, 6) is 0. The normalized spacial score (nSPS) is 19.5. The molecule has 1 atom stereocenters. The van der Waals surface area contributed by atoms with E-state index in [1.165, 1.54) is 38.5 Å². The van der Waals surface area contributed by atoms with Crippen LogP contribution in [0.5, 0.6) is 0 Å². The van der Waals surface area contributed by atoms with Crippen molar-refractivity contribution in [1.29, 1.82) is 5.26 Å². The third-order valence-corrected chi connectivity index (χ3v) is 4.95. The molecule has 1 unspecified atom stereocenters. The van der Waals surface area contributed by atoms with Crippen LogP contribution in [0.3, 0.4) is 0 Å². The van der Waals surface area contributed by atoms with Crippen molar-refractivity contribution in [1.82, 2.24) is 5.32 Å². The molecule has 1 aromatic heterocycles. The number of nitriles is 1. The maximum Gasteiger partial charge on any atom is 0.130 e. The predicted molar refractivity (Wildman–Crippen MR) is 75.0 cm³/mol. The standard InChI is InChI=1S/C13H17BrN2S/c14-13-8-7-12(17-13)11(9-15)16-10-5-3-1-2-4-6-10/h7-8,10-11,16H,1-6H2. The lowest BCUT2D eigenvalue weighted by molar-refractivity contribution is 0.439. The molecule has 1 heterocycles. The summed E-state index contributed by atoms with van der Waals surface area (Å²) in [6.45, 7) is 0. The number of nitrogens with zero attached hydrogens (tertiary/aromatic N) is 1. The van der Waals surface area contributed by atoms with E-state index in [1.807, 2.05) is 12.1 Å². The Hall–Kier alpha value is -0.370. The fourth-order valence-electron chi connectivity index (χ4n) is 2.35. The van der Waals surface area contributed by atoms with Gasteiger partial charge < -0.3 is 0 Å². The second-order valence-electron chi connectivity index (χ2n) is 4.56. The fraction of sp³-hybridized carbons (Fsp3) is 0.615. The lowest BCUT2D eigenvalue weighted by Gasteiger charge is -2.19. The molecule has 0 bridgehead atoms. The molecular weight excluding hydrogens is 296 g/mol. The van der Waals surface area contributed by atoms with Crippen LogP contribution >= 0.6 is 27.3 Å². The molecule has 17 heavy (non-hydrogen) atoms. The van der Waals surface area contributed by atoms with Gasteiger partial charge >= 0.3 is 0 Å². The molecular formula is C13H17BrN2S. The molecule has 1 aliphatic carbocycles. The van der Waals surface area contributed by atoms with Crippen LogP contribution in [-0.4, -0.2) is 6.04 Å². The Morgan fingerprint density at radius 3 is 2.53 bits per heavy atom. The highest BCUT2D eigenvalue weighted by atomic mass is 79.9. The summed E-state index contributed by atoms with van der Waals surface area (Å²) in [5.41, 5.74) is 0. The van der Waals surface area contributed by atoms with Gasteiger partial charge in [-0.05, 0) is 40.9 Å². The third-order valence-electron chi connectivity index (χ3n) is 3.27. The number of rotatable bonds is 3.